The first kappa shape index (κ1) is 25.4. The number of ether oxygens (including phenoxy) is 2. The number of morpholine rings is 1. The molecule has 2 atom stereocenters. The van der Waals surface area contributed by atoms with Gasteiger partial charge in [-0.3, -0.25) is 24.7 Å². The van der Waals surface area contributed by atoms with Gasteiger partial charge in [-0.1, -0.05) is 18.2 Å². The molecule has 37 heavy (non-hydrogen) atoms. The van der Waals surface area contributed by atoms with Crippen molar-refractivity contribution in [1.82, 2.24) is 15.1 Å². The zero-order chi connectivity index (χ0) is 25.6. The molecule has 3 aliphatic heterocycles. The summed E-state index contributed by atoms with van der Waals surface area (Å²) in [5, 5.41) is 14.6. The Balaban J connectivity index is 1.26. The highest BCUT2D eigenvalue weighted by molar-refractivity contribution is 5.82. The fraction of sp³-hybridized carbons (Fsp3) is 0.519. The number of rotatable bonds is 9. The summed E-state index contributed by atoms with van der Waals surface area (Å²) in [5.74, 6) is 0.590. The molecule has 2 unspecified atom stereocenters. The van der Waals surface area contributed by atoms with Gasteiger partial charge in [0.25, 0.3) is 5.69 Å². The van der Waals surface area contributed by atoms with E-state index in [2.05, 4.69) is 20.0 Å². The number of nitro benzene ring substituents is 1. The predicted molar refractivity (Wildman–Crippen MR) is 140 cm³/mol. The van der Waals surface area contributed by atoms with Crippen LogP contribution < -0.4 is 15.0 Å². The van der Waals surface area contributed by atoms with Crippen molar-refractivity contribution < 1.29 is 19.2 Å². The van der Waals surface area contributed by atoms with Gasteiger partial charge in [0.15, 0.2) is 0 Å². The third kappa shape index (κ3) is 6.20. The van der Waals surface area contributed by atoms with Crippen molar-refractivity contribution in [2.45, 2.75) is 12.5 Å². The van der Waals surface area contributed by atoms with Crippen LogP contribution in [0.15, 0.2) is 48.5 Å². The number of benzene rings is 2. The standard InChI is InChI=1S/C27H35N5O5/c33-27(28-8-9-29-12-15-36-16-13-29)24-19-21-18-22(32(34)35)6-7-25(21)31-11-10-30(20-26(24)31)14-17-37-23-4-2-1-3-5-23/h1-7,18,24,26H,8-17,19-20H2,(H,28,33). The van der Waals surface area contributed by atoms with Crippen molar-refractivity contribution in [3.63, 3.8) is 0 Å². The Morgan fingerprint density at radius 1 is 1.05 bits per heavy atom. The molecule has 3 heterocycles. The normalized spacial score (nSPS) is 22.1. The minimum Gasteiger partial charge on any atom is -0.492 e. The molecule has 5 rings (SSSR count). The number of anilines is 1. The molecule has 0 aliphatic carbocycles. The first-order valence-corrected chi connectivity index (χ1v) is 13.1. The first-order chi connectivity index (χ1) is 18.1. The summed E-state index contributed by atoms with van der Waals surface area (Å²) in [6.45, 7) is 8.30. The third-order valence-electron chi connectivity index (χ3n) is 7.58. The third-order valence-corrected chi connectivity index (χ3v) is 7.58. The molecule has 0 bridgehead atoms. The number of non-ortho nitro benzene ring substituents is 1. The van der Waals surface area contributed by atoms with Crippen LogP contribution in [0.2, 0.25) is 0 Å². The van der Waals surface area contributed by atoms with Gasteiger partial charge in [0.2, 0.25) is 5.91 Å². The van der Waals surface area contributed by atoms with E-state index in [0.717, 1.165) is 76.0 Å². The van der Waals surface area contributed by atoms with Gasteiger partial charge in [-0.15, -0.1) is 0 Å². The Hall–Kier alpha value is -3.21. The number of amides is 1. The molecule has 0 spiro atoms. The topological polar surface area (TPSA) is 100 Å². The van der Waals surface area contributed by atoms with Crippen LogP contribution in [0.5, 0.6) is 5.75 Å². The zero-order valence-corrected chi connectivity index (χ0v) is 21.1. The highest BCUT2D eigenvalue weighted by Gasteiger charge is 2.41. The lowest BCUT2D eigenvalue weighted by Gasteiger charge is -2.49. The number of para-hydroxylation sites is 1. The van der Waals surface area contributed by atoms with Crippen molar-refractivity contribution in [2.75, 3.05) is 77.1 Å². The minimum absolute atomic E-state index is 0.00261. The molecule has 10 heteroatoms. The number of piperazine rings is 1. The van der Waals surface area contributed by atoms with E-state index < -0.39 is 0 Å². The molecule has 2 fully saturated rings. The van der Waals surface area contributed by atoms with Crippen molar-refractivity contribution in [3.8, 4) is 5.75 Å². The minimum atomic E-state index is -0.367. The summed E-state index contributed by atoms with van der Waals surface area (Å²) >= 11 is 0. The molecule has 2 aromatic rings. The molecule has 10 nitrogen and oxygen atoms in total. The van der Waals surface area contributed by atoms with Crippen LogP contribution in [0.4, 0.5) is 11.4 Å². The van der Waals surface area contributed by atoms with E-state index >= 15 is 0 Å². The molecule has 0 aromatic heterocycles. The summed E-state index contributed by atoms with van der Waals surface area (Å²) in [5.41, 5.74) is 1.95. The first-order valence-electron chi connectivity index (χ1n) is 13.1. The van der Waals surface area contributed by atoms with E-state index in [1.165, 1.54) is 0 Å². The van der Waals surface area contributed by atoms with Crippen LogP contribution in [-0.2, 0) is 16.0 Å². The monoisotopic (exact) mass is 509 g/mol. The Labute approximate surface area is 217 Å². The van der Waals surface area contributed by atoms with Gasteiger partial charge in [-0.05, 0) is 30.2 Å². The van der Waals surface area contributed by atoms with Crippen molar-refractivity contribution >= 4 is 17.3 Å². The molecule has 0 radical (unpaired) electrons. The van der Waals surface area contributed by atoms with Gasteiger partial charge in [0, 0.05) is 70.2 Å². The molecular weight excluding hydrogens is 474 g/mol. The van der Waals surface area contributed by atoms with E-state index in [-0.39, 0.29) is 28.5 Å². The quantitative estimate of drug-likeness (QED) is 0.403. The second kappa shape index (κ2) is 11.9. The van der Waals surface area contributed by atoms with Gasteiger partial charge in [-0.2, -0.15) is 0 Å². The molecular formula is C27H35N5O5. The Bertz CT molecular complexity index is 1080. The summed E-state index contributed by atoms with van der Waals surface area (Å²) in [6.07, 6.45) is 0.496. The fourth-order valence-electron chi connectivity index (χ4n) is 5.59. The molecule has 0 saturated carbocycles. The fourth-order valence-corrected chi connectivity index (χ4v) is 5.59. The van der Waals surface area contributed by atoms with E-state index in [0.29, 0.717) is 19.6 Å². The number of hydrogen-bond donors (Lipinski definition) is 1. The number of nitrogens with zero attached hydrogens (tertiary/aromatic N) is 4. The summed E-state index contributed by atoms with van der Waals surface area (Å²) in [4.78, 5) is 31.4. The lowest BCUT2D eigenvalue weighted by molar-refractivity contribution is -0.384. The van der Waals surface area contributed by atoms with Gasteiger partial charge < -0.3 is 19.7 Å². The Morgan fingerprint density at radius 3 is 2.65 bits per heavy atom. The summed E-state index contributed by atoms with van der Waals surface area (Å²) in [6, 6.07) is 14.8. The van der Waals surface area contributed by atoms with Gasteiger partial charge in [0.05, 0.1) is 30.1 Å². The molecule has 198 valence electrons. The van der Waals surface area contributed by atoms with E-state index in [1.807, 2.05) is 36.4 Å². The van der Waals surface area contributed by atoms with Gasteiger partial charge in [-0.25, -0.2) is 0 Å². The second-order valence-corrected chi connectivity index (χ2v) is 9.85. The van der Waals surface area contributed by atoms with Gasteiger partial charge in [0.1, 0.15) is 12.4 Å². The average Bonchev–Trinajstić information content (AvgIpc) is 2.93. The maximum atomic E-state index is 13.5. The maximum Gasteiger partial charge on any atom is 0.269 e. The number of nitro groups is 1. The van der Waals surface area contributed by atoms with Gasteiger partial charge >= 0.3 is 0 Å². The predicted octanol–water partition coefficient (Wildman–Crippen LogP) is 1.79. The number of carbonyl (C=O) groups is 1. The lowest BCUT2D eigenvalue weighted by Crippen LogP contribution is -2.61. The number of fused-ring (bicyclic) bond motifs is 3. The number of carbonyl (C=O) groups excluding carboxylic acids is 1. The highest BCUT2D eigenvalue weighted by atomic mass is 16.6. The van der Waals surface area contributed by atoms with Crippen molar-refractivity contribution in [3.05, 3.63) is 64.2 Å². The van der Waals surface area contributed by atoms with Crippen molar-refractivity contribution in [2.24, 2.45) is 5.92 Å². The lowest BCUT2D eigenvalue weighted by atomic mass is 9.83. The SMILES string of the molecule is O=C(NCCN1CCOCC1)C1Cc2cc([N+](=O)[O-])ccc2N2CCN(CCOc3ccccc3)CC12. The zero-order valence-electron chi connectivity index (χ0n) is 21.1. The Morgan fingerprint density at radius 2 is 1.86 bits per heavy atom. The molecule has 1 N–H and O–H groups in total. The van der Waals surface area contributed by atoms with Crippen LogP contribution in [0.3, 0.4) is 0 Å². The summed E-state index contributed by atoms with van der Waals surface area (Å²) in [7, 11) is 0. The van der Waals surface area contributed by atoms with Crippen LogP contribution in [0.25, 0.3) is 0 Å². The molecule has 2 aromatic carbocycles. The van der Waals surface area contributed by atoms with Crippen LogP contribution in [-0.4, -0.2) is 98.9 Å². The van der Waals surface area contributed by atoms with Crippen LogP contribution >= 0.6 is 0 Å². The van der Waals surface area contributed by atoms with Crippen LogP contribution in [0.1, 0.15) is 5.56 Å². The van der Waals surface area contributed by atoms with Crippen LogP contribution in [0, 0.1) is 16.0 Å². The summed E-state index contributed by atoms with van der Waals surface area (Å²) < 4.78 is 11.3. The average molecular weight is 510 g/mol. The molecule has 1 amide bonds. The highest BCUT2D eigenvalue weighted by Crippen LogP contribution is 2.37. The second-order valence-electron chi connectivity index (χ2n) is 9.85. The largest absolute Gasteiger partial charge is 0.492 e. The molecule has 2 saturated heterocycles. The van der Waals surface area contributed by atoms with E-state index in [1.54, 1.807) is 12.1 Å². The number of nitrogens with one attached hydrogen (secondary N) is 1. The maximum absolute atomic E-state index is 13.5. The smallest absolute Gasteiger partial charge is 0.269 e. The Kier molecular flexibility index (Phi) is 8.18. The molecule has 3 aliphatic rings. The number of hydrogen-bond acceptors (Lipinski definition) is 8. The van der Waals surface area contributed by atoms with E-state index in [4.69, 9.17) is 9.47 Å². The van der Waals surface area contributed by atoms with E-state index in [9.17, 15) is 14.9 Å². The van der Waals surface area contributed by atoms with Crippen molar-refractivity contribution in [1.29, 1.82) is 0 Å².